The molecule has 0 saturated heterocycles. The Labute approximate surface area is 97.9 Å². The molecule has 2 N–H and O–H groups in total. The van der Waals surface area contributed by atoms with E-state index in [4.69, 9.17) is 5.73 Å². The monoisotopic (exact) mass is 236 g/mol. The van der Waals surface area contributed by atoms with E-state index in [-0.39, 0.29) is 5.82 Å². The summed E-state index contributed by atoms with van der Waals surface area (Å²) < 4.78 is 13.0. The van der Waals surface area contributed by atoms with Crippen LogP contribution in [0.1, 0.15) is 11.4 Å². The molecular formula is C12H13FN2S. The minimum absolute atomic E-state index is 0.214. The molecule has 0 aliphatic heterocycles. The SMILES string of the molecule is NCCCc1ncc(-c2cccc(F)c2)s1. The van der Waals surface area contributed by atoms with Gasteiger partial charge in [0.25, 0.3) is 0 Å². The first-order valence-corrected chi connectivity index (χ1v) is 6.02. The van der Waals surface area contributed by atoms with Crippen molar-refractivity contribution in [1.82, 2.24) is 4.98 Å². The van der Waals surface area contributed by atoms with Crippen LogP contribution < -0.4 is 5.73 Å². The molecule has 0 fully saturated rings. The summed E-state index contributed by atoms with van der Waals surface area (Å²) in [6.45, 7) is 0.675. The summed E-state index contributed by atoms with van der Waals surface area (Å²) >= 11 is 1.60. The van der Waals surface area contributed by atoms with Crippen molar-refractivity contribution in [2.75, 3.05) is 6.54 Å². The summed E-state index contributed by atoms with van der Waals surface area (Å²) in [7, 11) is 0. The van der Waals surface area contributed by atoms with E-state index >= 15 is 0 Å². The molecule has 0 atom stereocenters. The normalized spacial score (nSPS) is 10.6. The molecule has 0 unspecified atom stereocenters. The molecule has 0 radical (unpaired) electrons. The Kier molecular flexibility index (Phi) is 3.64. The van der Waals surface area contributed by atoms with E-state index in [2.05, 4.69) is 4.98 Å². The van der Waals surface area contributed by atoms with Crippen LogP contribution in [0.15, 0.2) is 30.5 Å². The van der Waals surface area contributed by atoms with Crippen LogP contribution in [0, 0.1) is 5.82 Å². The van der Waals surface area contributed by atoms with Gasteiger partial charge in [-0.05, 0) is 30.7 Å². The van der Waals surface area contributed by atoms with Crippen molar-refractivity contribution < 1.29 is 4.39 Å². The highest BCUT2D eigenvalue weighted by Gasteiger charge is 2.04. The Balaban J connectivity index is 2.18. The van der Waals surface area contributed by atoms with Gasteiger partial charge in [-0.1, -0.05) is 12.1 Å². The van der Waals surface area contributed by atoms with E-state index in [1.807, 2.05) is 6.07 Å². The highest BCUT2D eigenvalue weighted by atomic mass is 32.1. The molecule has 84 valence electrons. The zero-order valence-electron chi connectivity index (χ0n) is 8.82. The van der Waals surface area contributed by atoms with Gasteiger partial charge in [-0.25, -0.2) is 9.37 Å². The van der Waals surface area contributed by atoms with Crippen molar-refractivity contribution in [1.29, 1.82) is 0 Å². The minimum Gasteiger partial charge on any atom is -0.330 e. The second-order valence-corrected chi connectivity index (χ2v) is 4.64. The lowest BCUT2D eigenvalue weighted by molar-refractivity contribution is 0.628. The molecule has 1 aromatic heterocycles. The molecule has 2 rings (SSSR count). The van der Waals surface area contributed by atoms with Crippen molar-refractivity contribution in [2.45, 2.75) is 12.8 Å². The number of halogens is 1. The number of aromatic nitrogens is 1. The van der Waals surface area contributed by atoms with Crippen molar-refractivity contribution in [3.8, 4) is 10.4 Å². The topological polar surface area (TPSA) is 38.9 Å². The maximum absolute atomic E-state index is 13.0. The van der Waals surface area contributed by atoms with E-state index in [9.17, 15) is 4.39 Å². The predicted molar refractivity (Wildman–Crippen MR) is 64.9 cm³/mol. The Morgan fingerprint density at radius 3 is 3.00 bits per heavy atom. The summed E-state index contributed by atoms with van der Waals surface area (Å²) in [5, 5.41) is 1.06. The third-order valence-corrected chi connectivity index (χ3v) is 3.36. The molecule has 4 heteroatoms. The Hall–Kier alpha value is -1.26. The third kappa shape index (κ3) is 2.65. The van der Waals surface area contributed by atoms with E-state index in [1.165, 1.54) is 12.1 Å². The van der Waals surface area contributed by atoms with Crippen LogP contribution in [0.4, 0.5) is 4.39 Å². The largest absolute Gasteiger partial charge is 0.330 e. The fraction of sp³-hybridized carbons (Fsp3) is 0.250. The average Bonchev–Trinajstić information content (AvgIpc) is 2.75. The molecule has 2 aromatic rings. The molecule has 0 amide bonds. The lowest BCUT2D eigenvalue weighted by Gasteiger charge is -1.95. The number of rotatable bonds is 4. The zero-order valence-corrected chi connectivity index (χ0v) is 9.64. The maximum atomic E-state index is 13.0. The molecule has 0 bridgehead atoms. The highest BCUT2D eigenvalue weighted by Crippen LogP contribution is 2.26. The van der Waals surface area contributed by atoms with Crippen LogP contribution >= 0.6 is 11.3 Å². The van der Waals surface area contributed by atoms with Crippen LogP contribution in [0.2, 0.25) is 0 Å². The van der Waals surface area contributed by atoms with Gasteiger partial charge in [-0.3, -0.25) is 0 Å². The van der Waals surface area contributed by atoms with Crippen LogP contribution in [-0.4, -0.2) is 11.5 Å². The number of nitrogens with zero attached hydrogens (tertiary/aromatic N) is 1. The van der Waals surface area contributed by atoms with Gasteiger partial charge in [0.1, 0.15) is 5.82 Å². The Morgan fingerprint density at radius 2 is 2.25 bits per heavy atom. The third-order valence-electron chi connectivity index (χ3n) is 2.26. The van der Waals surface area contributed by atoms with E-state index in [1.54, 1.807) is 23.6 Å². The second kappa shape index (κ2) is 5.18. The highest BCUT2D eigenvalue weighted by molar-refractivity contribution is 7.15. The van der Waals surface area contributed by atoms with E-state index in [0.29, 0.717) is 6.54 Å². The predicted octanol–water partition coefficient (Wildman–Crippen LogP) is 2.84. The van der Waals surface area contributed by atoms with Gasteiger partial charge in [0.2, 0.25) is 0 Å². The standard InChI is InChI=1S/C12H13FN2S/c13-10-4-1-3-9(7-10)11-8-15-12(16-11)5-2-6-14/h1,3-4,7-8H,2,5-6,14H2. The number of aryl methyl sites for hydroxylation is 1. The number of thiazole rings is 1. The Morgan fingerprint density at radius 1 is 1.38 bits per heavy atom. The molecule has 1 aromatic carbocycles. The van der Waals surface area contributed by atoms with E-state index in [0.717, 1.165) is 28.3 Å². The summed E-state index contributed by atoms with van der Waals surface area (Å²) in [5.41, 5.74) is 6.33. The first-order chi connectivity index (χ1) is 7.79. The van der Waals surface area contributed by atoms with Gasteiger partial charge >= 0.3 is 0 Å². The van der Waals surface area contributed by atoms with E-state index < -0.39 is 0 Å². The van der Waals surface area contributed by atoms with Gasteiger partial charge in [0.05, 0.1) is 9.88 Å². The fourth-order valence-electron chi connectivity index (χ4n) is 1.45. The molecule has 0 spiro atoms. The number of benzene rings is 1. The lowest BCUT2D eigenvalue weighted by atomic mass is 10.2. The molecule has 0 saturated carbocycles. The maximum Gasteiger partial charge on any atom is 0.123 e. The first-order valence-electron chi connectivity index (χ1n) is 5.20. The van der Waals surface area contributed by atoms with Gasteiger partial charge in [0, 0.05) is 12.6 Å². The van der Waals surface area contributed by atoms with Crippen LogP contribution in [0.3, 0.4) is 0 Å². The lowest BCUT2D eigenvalue weighted by Crippen LogP contribution is -1.99. The van der Waals surface area contributed by atoms with Crippen LogP contribution in [0.5, 0.6) is 0 Å². The van der Waals surface area contributed by atoms with Crippen LogP contribution in [0.25, 0.3) is 10.4 Å². The Bertz CT molecular complexity index is 468. The van der Waals surface area contributed by atoms with Gasteiger partial charge < -0.3 is 5.73 Å². The van der Waals surface area contributed by atoms with Gasteiger partial charge in [-0.2, -0.15) is 0 Å². The first kappa shape index (κ1) is 11.2. The van der Waals surface area contributed by atoms with Gasteiger partial charge in [-0.15, -0.1) is 11.3 Å². The van der Waals surface area contributed by atoms with Crippen LogP contribution in [-0.2, 0) is 6.42 Å². The summed E-state index contributed by atoms with van der Waals surface area (Å²) in [4.78, 5) is 5.31. The summed E-state index contributed by atoms with van der Waals surface area (Å²) in [5.74, 6) is -0.214. The molecule has 0 aliphatic carbocycles. The zero-order chi connectivity index (χ0) is 11.4. The average molecular weight is 236 g/mol. The molecule has 16 heavy (non-hydrogen) atoms. The van der Waals surface area contributed by atoms with Crippen molar-refractivity contribution >= 4 is 11.3 Å². The van der Waals surface area contributed by atoms with Crippen molar-refractivity contribution in [3.05, 3.63) is 41.3 Å². The molecule has 0 aliphatic rings. The number of hydrogen-bond acceptors (Lipinski definition) is 3. The molecule has 1 heterocycles. The van der Waals surface area contributed by atoms with Gasteiger partial charge in [0.15, 0.2) is 0 Å². The second-order valence-electron chi connectivity index (χ2n) is 3.52. The molecular weight excluding hydrogens is 223 g/mol. The van der Waals surface area contributed by atoms with Crippen molar-refractivity contribution in [2.24, 2.45) is 5.73 Å². The summed E-state index contributed by atoms with van der Waals surface area (Å²) in [6, 6.07) is 6.58. The summed E-state index contributed by atoms with van der Waals surface area (Å²) in [6.07, 6.45) is 3.64. The smallest absolute Gasteiger partial charge is 0.123 e. The minimum atomic E-state index is -0.214. The fourth-order valence-corrected chi connectivity index (χ4v) is 2.41. The number of hydrogen-bond donors (Lipinski definition) is 1. The number of nitrogens with two attached hydrogens (primary N) is 1. The molecule has 2 nitrogen and oxygen atoms in total. The quantitative estimate of drug-likeness (QED) is 0.886. The van der Waals surface area contributed by atoms with Crippen molar-refractivity contribution in [3.63, 3.8) is 0 Å².